The summed E-state index contributed by atoms with van der Waals surface area (Å²) in [6.07, 6.45) is 5.09. The second kappa shape index (κ2) is 4.97. The first-order valence-electron chi connectivity index (χ1n) is 6.42. The van der Waals surface area contributed by atoms with Gasteiger partial charge in [-0.25, -0.2) is 4.79 Å². The van der Waals surface area contributed by atoms with E-state index in [4.69, 9.17) is 4.84 Å². The number of aromatic nitrogens is 1. The molecule has 6 nitrogen and oxygen atoms in total. The van der Waals surface area contributed by atoms with Crippen LogP contribution < -0.4 is 5.56 Å². The number of rotatable bonds is 4. The van der Waals surface area contributed by atoms with Crippen LogP contribution in [0.1, 0.15) is 5.56 Å². The van der Waals surface area contributed by atoms with Crippen LogP contribution >= 0.6 is 0 Å². The van der Waals surface area contributed by atoms with Gasteiger partial charge in [0.1, 0.15) is 6.04 Å². The van der Waals surface area contributed by atoms with Crippen LogP contribution in [0.15, 0.2) is 41.9 Å². The zero-order valence-corrected chi connectivity index (χ0v) is 10.9. The van der Waals surface area contributed by atoms with Crippen LogP contribution in [0.3, 0.4) is 0 Å². The van der Waals surface area contributed by atoms with Gasteiger partial charge in [-0.2, -0.15) is 5.06 Å². The summed E-state index contributed by atoms with van der Waals surface area (Å²) in [5.74, 6) is 0. The van der Waals surface area contributed by atoms with E-state index in [2.05, 4.69) is 11.6 Å². The lowest BCUT2D eigenvalue weighted by Crippen LogP contribution is -2.35. The van der Waals surface area contributed by atoms with Gasteiger partial charge in [0.15, 0.2) is 0 Å². The van der Waals surface area contributed by atoms with E-state index in [9.17, 15) is 9.59 Å². The highest BCUT2D eigenvalue weighted by molar-refractivity contribution is 5.84. The third-order valence-electron chi connectivity index (χ3n) is 3.49. The van der Waals surface area contributed by atoms with Crippen molar-refractivity contribution >= 4 is 11.6 Å². The number of nitrogens with one attached hydrogen (secondary N) is 1. The van der Waals surface area contributed by atoms with Crippen LogP contribution in [-0.4, -0.2) is 46.7 Å². The Bertz CT molecular complexity index is 635. The van der Waals surface area contributed by atoms with Crippen molar-refractivity contribution in [1.29, 1.82) is 0 Å². The summed E-state index contributed by atoms with van der Waals surface area (Å²) in [5.41, 5.74) is 1.26. The Balaban J connectivity index is 1.96. The number of urea groups is 1. The highest BCUT2D eigenvalue weighted by Gasteiger charge is 2.43. The molecule has 0 radical (unpaired) electrons. The normalized spacial score (nSPS) is 21.1. The molecule has 6 heteroatoms. The molecule has 0 saturated carbocycles. The molecule has 1 atom stereocenters. The predicted molar refractivity (Wildman–Crippen MR) is 73.8 cm³/mol. The molecule has 2 bridgehead atoms. The van der Waals surface area contributed by atoms with Gasteiger partial charge in [-0.15, -0.1) is 6.58 Å². The summed E-state index contributed by atoms with van der Waals surface area (Å²) in [5, 5.41) is 1.34. The number of nitrogens with zero attached hydrogens (tertiary/aromatic N) is 2. The topological polar surface area (TPSA) is 65.6 Å². The van der Waals surface area contributed by atoms with Crippen LogP contribution in [0.2, 0.25) is 0 Å². The molecule has 2 aliphatic heterocycles. The van der Waals surface area contributed by atoms with Crippen molar-refractivity contribution in [2.45, 2.75) is 6.04 Å². The molecule has 0 aliphatic carbocycles. The Morgan fingerprint density at radius 2 is 2.35 bits per heavy atom. The highest BCUT2D eigenvalue weighted by Crippen LogP contribution is 2.31. The lowest BCUT2D eigenvalue weighted by molar-refractivity contribution is -0.105. The van der Waals surface area contributed by atoms with Gasteiger partial charge in [-0.3, -0.25) is 9.63 Å². The fourth-order valence-corrected chi connectivity index (χ4v) is 2.57. The number of hydroxylamine groups is 2. The average molecular weight is 273 g/mol. The number of fused-ring (bicyclic) bond motifs is 2. The second-order valence-electron chi connectivity index (χ2n) is 4.69. The minimum atomic E-state index is -0.250. The van der Waals surface area contributed by atoms with E-state index < -0.39 is 0 Å². The SMILES string of the molecule is C=CCON1C(=O)N2CC=C(c3ccc[nH]c3=O)C1C2. The predicted octanol–water partition coefficient (Wildman–Crippen LogP) is 0.996. The molecule has 104 valence electrons. The van der Waals surface area contributed by atoms with Gasteiger partial charge in [-0.05, 0) is 17.7 Å². The van der Waals surface area contributed by atoms with Crippen molar-refractivity contribution in [1.82, 2.24) is 14.9 Å². The van der Waals surface area contributed by atoms with E-state index in [-0.39, 0.29) is 24.2 Å². The number of hydrogen-bond donors (Lipinski definition) is 1. The van der Waals surface area contributed by atoms with E-state index >= 15 is 0 Å². The first-order chi connectivity index (χ1) is 9.72. The van der Waals surface area contributed by atoms with Crippen molar-refractivity contribution in [3.63, 3.8) is 0 Å². The Labute approximate surface area is 115 Å². The van der Waals surface area contributed by atoms with E-state index in [1.54, 1.807) is 29.3 Å². The molecular formula is C14H15N3O3. The lowest BCUT2D eigenvalue weighted by atomic mass is 9.97. The maximum atomic E-state index is 12.1. The zero-order chi connectivity index (χ0) is 14.1. The smallest absolute Gasteiger partial charge is 0.329 e. The lowest BCUT2D eigenvalue weighted by Gasteiger charge is -2.24. The summed E-state index contributed by atoms with van der Waals surface area (Å²) >= 11 is 0. The Morgan fingerprint density at radius 1 is 1.50 bits per heavy atom. The second-order valence-corrected chi connectivity index (χ2v) is 4.69. The van der Waals surface area contributed by atoms with E-state index in [0.29, 0.717) is 18.7 Å². The van der Waals surface area contributed by atoms with E-state index in [1.807, 2.05) is 6.08 Å². The van der Waals surface area contributed by atoms with Crippen LogP contribution in [0.4, 0.5) is 4.79 Å². The van der Waals surface area contributed by atoms with Crippen molar-refractivity contribution in [3.8, 4) is 0 Å². The minimum Gasteiger partial charge on any atom is -0.329 e. The third kappa shape index (κ3) is 1.94. The Morgan fingerprint density at radius 3 is 3.10 bits per heavy atom. The molecule has 0 aromatic carbocycles. The Kier molecular flexibility index (Phi) is 3.15. The van der Waals surface area contributed by atoms with Gasteiger partial charge < -0.3 is 9.88 Å². The number of hydrogen-bond acceptors (Lipinski definition) is 3. The molecule has 1 aromatic heterocycles. The summed E-state index contributed by atoms with van der Waals surface area (Å²) in [6, 6.07) is 3.11. The molecule has 0 spiro atoms. The maximum Gasteiger partial charge on any atom is 0.344 e. The average Bonchev–Trinajstić information content (AvgIpc) is 2.70. The highest BCUT2D eigenvalue weighted by atomic mass is 16.7. The summed E-state index contributed by atoms with van der Waals surface area (Å²) < 4.78 is 0. The molecule has 1 saturated heterocycles. The number of carbonyl (C=O) groups excluding carboxylic acids is 1. The third-order valence-corrected chi connectivity index (χ3v) is 3.49. The number of H-pyrrole nitrogens is 1. The molecule has 1 aromatic rings. The summed E-state index contributed by atoms with van der Waals surface area (Å²) in [4.78, 5) is 33.8. The first-order valence-corrected chi connectivity index (χ1v) is 6.42. The first kappa shape index (κ1) is 12.7. The molecule has 3 heterocycles. The number of aromatic amines is 1. The molecule has 2 amide bonds. The molecule has 1 fully saturated rings. The fraction of sp³-hybridized carbons (Fsp3) is 0.286. The fourth-order valence-electron chi connectivity index (χ4n) is 2.57. The molecule has 1 N–H and O–H groups in total. The van der Waals surface area contributed by atoms with Crippen molar-refractivity contribution in [3.05, 3.63) is 53.0 Å². The standard InChI is InChI=1S/C14H15N3O3/c1-2-8-20-17-12-9-16(14(17)19)7-5-10(12)11-4-3-6-15-13(11)18/h2-6,12H,1,7-9H2,(H,15,18). The molecule has 1 unspecified atom stereocenters. The van der Waals surface area contributed by atoms with Gasteiger partial charge in [0.2, 0.25) is 0 Å². The van der Waals surface area contributed by atoms with Crippen LogP contribution in [0, 0.1) is 0 Å². The van der Waals surface area contributed by atoms with Crippen molar-refractivity contribution in [2.75, 3.05) is 19.7 Å². The van der Waals surface area contributed by atoms with E-state index in [1.165, 1.54) is 5.06 Å². The minimum absolute atomic E-state index is 0.157. The number of pyridine rings is 1. The monoisotopic (exact) mass is 273 g/mol. The molecular weight excluding hydrogens is 258 g/mol. The van der Waals surface area contributed by atoms with Gasteiger partial charge in [-0.1, -0.05) is 12.2 Å². The van der Waals surface area contributed by atoms with Gasteiger partial charge in [0.25, 0.3) is 5.56 Å². The maximum absolute atomic E-state index is 12.1. The van der Waals surface area contributed by atoms with Gasteiger partial charge in [0.05, 0.1) is 13.2 Å². The molecule has 20 heavy (non-hydrogen) atoms. The van der Waals surface area contributed by atoms with E-state index in [0.717, 1.165) is 5.57 Å². The largest absolute Gasteiger partial charge is 0.344 e. The van der Waals surface area contributed by atoms with Crippen LogP contribution in [0.5, 0.6) is 0 Å². The van der Waals surface area contributed by atoms with Crippen LogP contribution in [0.25, 0.3) is 5.57 Å². The zero-order valence-electron chi connectivity index (χ0n) is 10.9. The van der Waals surface area contributed by atoms with Crippen molar-refractivity contribution < 1.29 is 9.63 Å². The van der Waals surface area contributed by atoms with Crippen LogP contribution in [-0.2, 0) is 4.84 Å². The summed E-state index contributed by atoms with van der Waals surface area (Å²) in [7, 11) is 0. The van der Waals surface area contributed by atoms with Gasteiger partial charge in [0, 0.05) is 18.3 Å². The molecule has 3 rings (SSSR count). The van der Waals surface area contributed by atoms with Crippen molar-refractivity contribution in [2.24, 2.45) is 0 Å². The number of amides is 2. The quantitative estimate of drug-likeness (QED) is 0.832. The number of carbonyl (C=O) groups is 1. The summed E-state index contributed by atoms with van der Waals surface area (Å²) in [6.45, 7) is 4.87. The van der Waals surface area contributed by atoms with Gasteiger partial charge >= 0.3 is 6.03 Å². The molecule has 2 aliphatic rings. The Hall–Kier alpha value is -2.34.